The van der Waals surface area contributed by atoms with E-state index in [2.05, 4.69) is 10.6 Å². The van der Waals surface area contributed by atoms with Crippen LogP contribution in [0.4, 0.5) is 4.79 Å². The number of nitrogens with zero attached hydrogens (tertiary/aromatic N) is 1. The van der Waals surface area contributed by atoms with Crippen LogP contribution in [0.3, 0.4) is 0 Å². The number of carbonyl (C=O) groups is 3. The minimum atomic E-state index is -0.294. The van der Waals surface area contributed by atoms with E-state index in [1.165, 1.54) is 12.0 Å². The van der Waals surface area contributed by atoms with Crippen LogP contribution in [0.1, 0.15) is 56.8 Å². The van der Waals surface area contributed by atoms with Crippen molar-refractivity contribution >= 4 is 28.9 Å². The first kappa shape index (κ1) is 24.9. The Morgan fingerprint density at radius 1 is 1.11 bits per heavy atom. The number of ether oxygens (including phenoxy) is 2. The summed E-state index contributed by atoms with van der Waals surface area (Å²) in [5.74, 6) is 1.47. The molecule has 1 fully saturated rings. The SMILES string of the molecule is CCOC(=O)N1CCC(NC(=O)CCCNC(=O)COc2ccc3oc4c(c3c2)CCCC4)CC1. The van der Waals surface area contributed by atoms with Gasteiger partial charge in [0, 0.05) is 49.5 Å². The lowest BCUT2D eigenvalue weighted by Crippen LogP contribution is -2.46. The second-order valence-corrected chi connectivity index (χ2v) is 9.14. The molecule has 3 amide bonds. The first-order chi connectivity index (χ1) is 17.0. The molecule has 35 heavy (non-hydrogen) atoms. The smallest absolute Gasteiger partial charge is 0.409 e. The van der Waals surface area contributed by atoms with Crippen molar-refractivity contribution in [2.45, 2.75) is 64.3 Å². The number of benzene rings is 1. The Bertz CT molecular complexity index is 1040. The van der Waals surface area contributed by atoms with Crippen molar-refractivity contribution in [3.63, 3.8) is 0 Å². The molecular weight excluding hydrogens is 450 g/mol. The van der Waals surface area contributed by atoms with Gasteiger partial charge in [-0.15, -0.1) is 0 Å². The fourth-order valence-corrected chi connectivity index (χ4v) is 4.73. The zero-order valence-corrected chi connectivity index (χ0v) is 20.4. The van der Waals surface area contributed by atoms with Gasteiger partial charge >= 0.3 is 6.09 Å². The zero-order chi connectivity index (χ0) is 24.6. The Balaban J connectivity index is 1.10. The Kier molecular flexibility index (Phi) is 8.50. The van der Waals surface area contributed by atoms with Crippen LogP contribution in [-0.4, -0.2) is 61.7 Å². The van der Waals surface area contributed by atoms with Gasteiger partial charge in [-0.1, -0.05) is 0 Å². The minimum absolute atomic E-state index is 0.0400. The third kappa shape index (κ3) is 6.68. The fourth-order valence-electron chi connectivity index (χ4n) is 4.73. The highest BCUT2D eigenvalue weighted by atomic mass is 16.6. The number of nitrogens with one attached hydrogen (secondary N) is 2. The Morgan fingerprint density at radius 2 is 1.91 bits per heavy atom. The molecule has 0 bridgehead atoms. The Morgan fingerprint density at radius 3 is 2.71 bits per heavy atom. The average Bonchev–Trinajstić information content (AvgIpc) is 3.24. The van der Waals surface area contributed by atoms with Crippen molar-refractivity contribution in [3.05, 3.63) is 29.5 Å². The van der Waals surface area contributed by atoms with Gasteiger partial charge in [-0.05, 0) is 63.6 Å². The summed E-state index contributed by atoms with van der Waals surface area (Å²) in [4.78, 5) is 37.8. The molecule has 1 aliphatic heterocycles. The first-order valence-electron chi connectivity index (χ1n) is 12.7. The summed E-state index contributed by atoms with van der Waals surface area (Å²) in [6.45, 7) is 3.64. The van der Waals surface area contributed by atoms with E-state index in [1.807, 2.05) is 18.2 Å². The molecule has 0 atom stereocenters. The maximum Gasteiger partial charge on any atom is 0.409 e. The molecule has 1 aromatic carbocycles. The molecule has 0 spiro atoms. The van der Waals surface area contributed by atoms with E-state index < -0.39 is 0 Å². The highest BCUT2D eigenvalue weighted by Crippen LogP contribution is 2.33. The van der Waals surface area contributed by atoms with E-state index in [-0.39, 0.29) is 30.6 Å². The molecule has 2 aliphatic rings. The monoisotopic (exact) mass is 485 g/mol. The van der Waals surface area contributed by atoms with Gasteiger partial charge in [-0.2, -0.15) is 0 Å². The summed E-state index contributed by atoms with van der Waals surface area (Å²) >= 11 is 0. The normalized spacial score (nSPS) is 16.0. The number of fused-ring (bicyclic) bond motifs is 3. The average molecular weight is 486 g/mol. The molecule has 9 nitrogen and oxygen atoms in total. The second kappa shape index (κ2) is 12.0. The van der Waals surface area contributed by atoms with Crippen molar-refractivity contribution in [2.24, 2.45) is 0 Å². The molecule has 9 heteroatoms. The van der Waals surface area contributed by atoms with Crippen LogP contribution in [0.2, 0.25) is 0 Å². The van der Waals surface area contributed by atoms with E-state index in [9.17, 15) is 14.4 Å². The van der Waals surface area contributed by atoms with E-state index in [0.717, 1.165) is 36.0 Å². The highest BCUT2D eigenvalue weighted by molar-refractivity contribution is 5.84. The van der Waals surface area contributed by atoms with E-state index >= 15 is 0 Å². The summed E-state index contributed by atoms with van der Waals surface area (Å²) in [6, 6.07) is 5.75. The third-order valence-electron chi connectivity index (χ3n) is 6.59. The van der Waals surface area contributed by atoms with Crippen LogP contribution in [0.15, 0.2) is 22.6 Å². The van der Waals surface area contributed by atoms with Crippen LogP contribution < -0.4 is 15.4 Å². The van der Waals surface area contributed by atoms with Crippen LogP contribution in [0.25, 0.3) is 11.0 Å². The molecule has 190 valence electrons. The molecule has 2 heterocycles. The first-order valence-corrected chi connectivity index (χ1v) is 12.7. The summed E-state index contributed by atoms with van der Waals surface area (Å²) in [6.07, 6.45) is 6.35. The third-order valence-corrected chi connectivity index (χ3v) is 6.59. The lowest BCUT2D eigenvalue weighted by Gasteiger charge is -2.31. The van der Waals surface area contributed by atoms with Crippen molar-refractivity contribution in [1.29, 1.82) is 0 Å². The molecule has 4 rings (SSSR count). The topological polar surface area (TPSA) is 110 Å². The number of likely N-dealkylation sites (tertiary alicyclic amines) is 1. The Hall–Kier alpha value is -3.23. The lowest BCUT2D eigenvalue weighted by atomic mass is 9.96. The number of furan rings is 1. The zero-order valence-electron chi connectivity index (χ0n) is 20.4. The van der Waals surface area contributed by atoms with Gasteiger partial charge < -0.3 is 29.4 Å². The van der Waals surface area contributed by atoms with Gasteiger partial charge in [0.2, 0.25) is 5.91 Å². The standard InChI is InChI=1S/C26H35N3O6/c1-2-33-26(32)29-14-11-18(12-15-29)28-24(30)8-5-13-27-25(31)17-34-19-9-10-23-21(16-19)20-6-3-4-7-22(20)35-23/h9-10,16,18H,2-8,11-15,17H2,1H3,(H,27,31)(H,28,30). The van der Waals surface area contributed by atoms with Crippen molar-refractivity contribution in [3.8, 4) is 5.75 Å². The quantitative estimate of drug-likeness (QED) is 0.527. The van der Waals surface area contributed by atoms with Gasteiger partial charge in [0.05, 0.1) is 6.61 Å². The molecular formula is C26H35N3O6. The number of hydrogen-bond acceptors (Lipinski definition) is 6. The van der Waals surface area contributed by atoms with Crippen LogP contribution in [-0.2, 0) is 27.2 Å². The Labute approximate surface area is 205 Å². The van der Waals surface area contributed by atoms with E-state index in [4.69, 9.17) is 13.9 Å². The second-order valence-electron chi connectivity index (χ2n) is 9.14. The number of carbonyl (C=O) groups excluding carboxylic acids is 3. The van der Waals surface area contributed by atoms with Gasteiger partial charge in [0.15, 0.2) is 6.61 Å². The molecule has 0 unspecified atom stereocenters. The lowest BCUT2D eigenvalue weighted by molar-refractivity contribution is -0.124. The van der Waals surface area contributed by atoms with E-state index in [1.54, 1.807) is 11.8 Å². The van der Waals surface area contributed by atoms with Gasteiger partial charge in [0.25, 0.3) is 5.91 Å². The number of aryl methyl sites for hydroxylation is 2. The summed E-state index contributed by atoms with van der Waals surface area (Å²) < 4.78 is 16.6. The maximum absolute atomic E-state index is 12.2. The highest BCUT2D eigenvalue weighted by Gasteiger charge is 2.24. The number of hydrogen-bond donors (Lipinski definition) is 2. The van der Waals surface area contributed by atoms with E-state index in [0.29, 0.717) is 57.7 Å². The number of amides is 3. The summed E-state index contributed by atoms with van der Waals surface area (Å²) in [7, 11) is 0. The molecule has 2 N–H and O–H groups in total. The summed E-state index contributed by atoms with van der Waals surface area (Å²) in [5, 5.41) is 6.90. The molecule has 0 radical (unpaired) electrons. The largest absolute Gasteiger partial charge is 0.484 e. The van der Waals surface area contributed by atoms with Gasteiger partial charge in [-0.25, -0.2) is 4.79 Å². The summed E-state index contributed by atoms with van der Waals surface area (Å²) in [5.41, 5.74) is 2.14. The number of piperidine rings is 1. The molecule has 2 aromatic rings. The van der Waals surface area contributed by atoms with Crippen LogP contribution >= 0.6 is 0 Å². The molecule has 0 saturated carbocycles. The molecule has 1 aliphatic carbocycles. The van der Waals surface area contributed by atoms with Crippen LogP contribution in [0.5, 0.6) is 5.75 Å². The molecule has 1 aromatic heterocycles. The van der Waals surface area contributed by atoms with Crippen molar-refractivity contribution in [2.75, 3.05) is 32.8 Å². The molecule has 1 saturated heterocycles. The van der Waals surface area contributed by atoms with Gasteiger partial charge in [0.1, 0.15) is 17.1 Å². The number of rotatable bonds is 9. The predicted octanol–water partition coefficient (Wildman–Crippen LogP) is 3.32. The van der Waals surface area contributed by atoms with Gasteiger partial charge in [-0.3, -0.25) is 9.59 Å². The predicted molar refractivity (Wildman–Crippen MR) is 130 cm³/mol. The van der Waals surface area contributed by atoms with Crippen molar-refractivity contribution in [1.82, 2.24) is 15.5 Å². The fraction of sp³-hybridized carbons (Fsp3) is 0.577. The van der Waals surface area contributed by atoms with Crippen LogP contribution in [0, 0.1) is 0 Å². The minimum Gasteiger partial charge on any atom is -0.484 e. The van der Waals surface area contributed by atoms with Crippen molar-refractivity contribution < 1.29 is 28.3 Å². The maximum atomic E-state index is 12.2.